The number of rotatable bonds is 3. The first kappa shape index (κ1) is 12.5. The Hall–Kier alpha value is -0.570. The standard InChI is InChI=1S/C12H24N2O/c1-5-11(4)12(15)14-8-6-13(7-9-14)10(2)3/h10-11H,5-9H2,1-4H3. The van der Waals surface area contributed by atoms with E-state index in [2.05, 4.69) is 25.7 Å². The van der Waals surface area contributed by atoms with Crippen LogP contribution in [0.3, 0.4) is 0 Å². The molecule has 1 aliphatic rings. The molecular weight excluding hydrogens is 188 g/mol. The van der Waals surface area contributed by atoms with E-state index >= 15 is 0 Å². The molecule has 0 radical (unpaired) electrons. The van der Waals surface area contributed by atoms with Crippen LogP contribution < -0.4 is 0 Å². The molecule has 1 fully saturated rings. The number of nitrogens with zero attached hydrogens (tertiary/aromatic N) is 2. The molecule has 88 valence electrons. The second-order valence-corrected chi connectivity index (χ2v) is 4.76. The highest BCUT2D eigenvalue weighted by atomic mass is 16.2. The van der Waals surface area contributed by atoms with Crippen LogP contribution in [0.15, 0.2) is 0 Å². The van der Waals surface area contributed by atoms with E-state index < -0.39 is 0 Å². The summed E-state index contributed by atoms with van der Waals surface area (Å²) in [6, 6.07) is 0.603. The van der Waals surface area contributed by atoms with Crippen LogP contribution in [-0.2, 0) is 4.79 Å². The number of carbonyl (C=O) groups excluding carboxylic acids is 1. The summed E-state index contributed by atoms with van der Waals surface area (Å²) in [6.45, 7) is 12.4. The summed E-state index contributed by atoms with van der Waals surface area (Å²) in [4.78, 5) is 16.4. The Kier molecular flexibility index (Phi) is 4.58. The molecule has 3 heteroatoms. The Bertz CT molecular complexity index is 208. The summed E-state index contributed by atoms with van der Waals surface area (Å²) in [5, 5.41) is 0. The van der Waals surface area contributed by atoms with E-state index in [9.17, 15) is 4.79 Å². The fourth-order valence-corrected chi connectivity index (χ4v) is 1.94. The zero-order chi connectivity index (χ0) is 11.4. The minimum absolute atomic E-state index is 0.190. The molecule has 0 spiro atoms. The van der Waals surface area contributed by atoms with Gasteiger partial charge in [-0.1, -0.05) is 13.8 Å². The van der Waals surface area contributed by atoms with Gasteiger partial charge in [-0.3, -0.25) is 9.69 Å². The quantitative estimate of drug-likeness (QED) is 0.709. The molecule has 1 aliphatic heterocycles. The Morgan fingerprint density at radius 1 is 1.13 bits per heavy atom. The van der Waals surface area contributed by atoms with Crippen molar-refractivity contribution in [2.24, 2.45) is 5.92 Å². The second kappa shape index (κ2) is 5.50. The van der Waals surface area contributed by atoms with Crippen LogP contribution in [0.25, 0.3) is 0 Å². The lowest BCUT2D eigenvalue weighted by molar-refractivity contribution is -0.137. The molecule has 1 rings (SSSR count). The monoisotopic (exact) mass is 212 g/mol. The molecule has 1 unspecified atom stereocenters. The van der Waals surface area contributed by atoms with E-state index in [0.29, 0.717) is 11.9 Å². The molecule has 1 heterocycles. The number of hydrogen-bond acceptors (Lipinski definition) is 2. The van der Waals surface area contributed by atoms with Gasteiger partial charge in [0.25, 0.3) is 0 Å². The Balaban J connectivity index is 2.40. The van der Waals surface area contributed by atoms with Crippen LogP contribution in [0.4, 0.5) is 0 Å². The van der Waals surface area contributed by atoms with Gasteiger partial charge in [-0.2, -0.15) is 0 Å². The molecule has 3 nitrogen and oxygen atoms in total. The lowest BCUT2D eigenvalue weighted by Gasteiger charge is -2.37. The molecule has 1 amide bonds. The van der Waals surface area contributed by atoms with E-state index in [4.69, 9.17) is 0 Å². The summed E-state index contributed by atoms with van der Waals surface area (Å²) in [5.41, 5.74) is 0. The van der Waals surface area contributed by atoms with Crippen molar-refractivity contribution in [2.75, 3.05) is 26.2 Å². The first-order valence-corrected chi connectivity index (χ1v) is 6.09. The zero-order valence-electron chi connectivity index (χ0n) is 10.5. The lowest BCUT2D eigenvalue weighted by atomic mass is 10.1. The third-order valence-corrected chi connectivity index (χ3v) is 3.39. The number of piperazine rings is 1. The Labute approximate surface area is 93.4 Å². The maximum Gasteiger partial charge on any atom is 0.225 e. The molecule has 0 aromatic rings. The van der Waals surface area contributed by atoms with E-state index in [1.54, 1.807) is 0 Å². The molecule has 1 atom stereocenters. The zero-order valence-corrected chi connectivity index (χ0v) is 10.5. The van der Waals surface area contributed by atoms with Crippen LogP contribution in [0.2, 0.25) is 0 Å². The average molecular weight is 212 g/mol. The number of carbonyl (C=O) groups is 1. The van der Waals surface area contributed by atoms with Crippen molar-refractivity contribution < 1.29 is 4.79 Å². The second-order valence-electron chi connectivity index (χ2n) is 4.76. The van der Waals surface area contributed by atoms with Gasteiger partial charge in [0.2, 0.25) is 5.91 Å². The molecule has 0 bridgehead atoms. The van der Waals surface area contributed by atoms with Crippen molar-refractivity contribution in [1.29, 1.82) is 0 Å². The molecule has 15 heavy (non-hydrogen) atoms. The third-order valence-electron chi connectivity index (χ3n) is 3.39. The summed E-state index contributed by atoms with van der Waals surface area (Å²) in [5.74, 6) is 0.525. The van der Waals surface area contributed by atoms with Gasteiger partial charge in [0.15, 0.2) is 0 Å². The van der Waals surface area contributed by atoms with Crippen molar-refractivity contribution in [3.05, 3.63) is 0 Å². The highest BCUT2D eigenvalue weighted by molar-refractivity contribution is 5.78. The topological polar surface area (TPSA) is 23.6 Å². The van der Waals surface area contributed by atoms with Crippen molar-refractivity contribution >= 4 is 5.91 Å². The fourth-order valence-electron chi connectivity index (χ4n) is 1.94. The number of hydrogen-bond donors (Lipinski definition) is 0. The van der Waals surface area contributed by atoms with Gasteiger partial charge < -0.3 is 4.90 Å². The third kappa shape index (κ3) is 3.20. The Morgan fingerprint density at radius 2 is 1.67 bits per heavy atom. The van der Waals surface area contributed by atoms with E-state index in [1.165, 1.54) is 0 Å². The molecule has 0 aromatic carbocycles. The first-order valence-electron chi connectivity index (χ1n) is 6.09. The van der Waals surface area contributed by atoms with Gasteiger partial charge in [-0.15, -0.1) is 0 Å². The number of amides is 1. The predicted molar refractivity (Wildman–Crippen MR) is 62.7 cm³/mol. The Morgan fingerprint density at radius 3 is 2.07 bits per heavy atom. The lowest BCUT2D eigenvalue weighted by Crippen LogP contribution is -2.51. The molecule has 0 N–H and O–H groups in total. The SMILES string of the molecule is CCC(C)C(=O)N1CCN(C(C)C)CC1. The van der Waals surface area contributed by atoms with Gasteiger partial charge in [0.1, 0.15) is 0 Å². The van der Waals surface area contributed by atoms with Crippen LogP contribution >= 0.6 is 0 Å². The molecule has 0 aliphatic carbocycles. The summed E-state index contributed by atoms with van der Waals surface area (Å²) >= 11 is 0. The van der Waals surface area contributed by atoms with Crippen molar-refractivity contribution in [1.82, 2.24) is 9.80 Å². The van der Waals surface area contributed by atoms with E-state index in [-0.39, 0.29) is 5.92 Å². The minimum atomic E-state index is 0.190. The largest absolute Gasteiger partial charge is 0.340 e. The van der Waals surface area contributed by atoms with E-state index in [1.807, 2.05) is 11.8 Å². The van der Waals surface area contributed by atoms with Gasteiger partial charge in [-0.25, -0.2) is 0 Å². The summed E-state index contributed by atoms with van der Waals surface area (Å²) < 4.78 is 0. The summed E-state index contributed by atoms with van der Waals surface area (Å²) in [7, 11) is 0. The van der Waals surface area contributed by atoms with Crippen LogP contribution in [0.5, 0.6) is 0 Å². The van der Waals surface area contributed by atoms with Gasteiger partial charge >= 0.3 is 0 Å². The van der Waals surface area contributed by atoms with Crippen molar-refractivity contribution in [2.45, 2.75) is 40.2 Å². The van der Waals surface area contributed by atoms with Crippen molar-refractivity contribution in [3.63, 3.8) is 0 Å². The highest BCUT2D eigenvalue weighted by Crippen LogP contribution is 2.11. The maximum atomic E-state index is 11.9. The maximum absolute atomic E-state index is 11.9. The molecule has 1 saturated heterocycles. The molecule has 0 saturated carbocycles. The van der Waals surface area contributed by atoms with Gasteiger partial charge in [-0.05, 0) is 20.3 Å². The minimum Gasteiger partial charge on any atom is -0.340 e. The van der Waals surface area contributed by atoms with E-state index in [0.717, 1.165) is 32.6 Å². The van der Waals surface area contributed by atoms with Crippen LogP contribution in [0.1, 0.15) is 34.1 Å². The molecule has 0 aromatic heterocycles. The van der Waals surface area contributed by atoms with Crippen LogP contribution in [-0.4, -0.2) is 47.9 Å². The fraction of sp³-hybridized carbons (Fsp3) is 0.917. The smallest absolute Gasteiger partial charge is 0.225 e. The molecular formula is C12H24N2O. The van der Waals surface area contributed by atoms with Crippen LogP contribution in [0, 0.1) is 5.92 Å². The average Bonchev–Trinajstić information content (AvgIpc) is 2.27. The summed E-state index contributed by atoms with van der Waals surface area (Å²) in [6.07, 6.45) is 0.948. The van der Waals surface area contributed by atoms with Gasteiger partial charge in [0.05, 0.1) is 0 Å². The van der Waals surface area contributed by atoms with Gasteiger partial charge in [0, 0.05) is 38.1 Å². The first-order chi connectivity index (χ1) is 7.06. The highest BCUT2D eigenvalue weighted by Gasteiger charge is 2.24. The van der Waals surface area contributed by atoms with Crippen molar-refractivity contribution in [3.8, 4) is 0 Å². The normalized spacial score (nSPS) is 20.7. The predicted octanol–water partition coefficient (Wildman–Crippen LogP) is 1.59.